The van der Waals surface area contributed by atoms with Gasteiger partial charge in [-0.3, -0.25) is 14.5 Å². The van der Waals surface area contributed by atoms with E-state index in [9.17, 15) is 18.0 Å². The molecule has 0 saturated heterocycles. The summed E-state index contributed by atoms with van der Waals surface area (Å²) in [6.07, 6.45) is 5.76. The molecule has 1 aliphatic heterocycles. The van der Waals surface area contributed by atoms with Crippen molar-refractivity contribution < 1.29 is 18.0 Å². The van der Waals surface area contributed by atoms with E-state index >= 15 is 0 Å². The van der Waals surface area contributed by atoms with E-state index in [0.29, 0.717) is 22.2 Å². The molecular formula is C27H38N4O4S2. The normalized spacial score (nSPS) is 17.2. The molecule has 0 unspecified atom stereocenters. The predicted octanol–water partition coefficient (Wildman–Crippen LogP) is 4.42. The minimum atomic E-state index is -3.63. The maximum Gasteiger partial charge on any atom is 0.256 e. The minimum absolute atomic E-state index is 0.0193. The van der Waals surface area contributed by atoms with E-state index < -0.39 is 10.0 Å². The number of rotatable bonds is 7. The van der Waals surface area contributed by atoms with Crippen LogP contribution in [0.5, 0.6) is 0 Å². The lowest BCUT2D eigenvalue weighted by Crippen LogP contribution is -2.38. The molecule has 2 aliphatic rings. The minimum Gasteiger partial charge on any atom is -0.345 e. The topological polar surface area (TPSA) is 90.0 Å². The number of sulfonamides is 1. The molecule has 2 amide bonds. The molecule has 4 rings (SSSR count). The third kappa shape index (κ3) is 5.77. The van der Waals surface area contributed by atoms with Crippen molar-refractivity contribution in [1.82, 2.24) is 14.1 Å². The van der Waals surface area contributed by atoms with Crippen molar-refractivity contribution in [3.63, 3.8) is 0 Å². The van der Waals surface area contributed by atoms with Gasteiger partial charge in [0.05, 0.1) is 10.5 Å². The molecule has 2 aromatic rings. The summed E-state index contributed by atoms with van der Waals surface area (Å²) < 4.78 is 27.8. The molecule has 1 N–H and O–H groups in total. The van der Waals surface area contributed by atoms with Gasteiger partial charge in [0.2, 0.25) is 10.0 Å². The summed E-state index contributed by atoms with van der Waals surface area (Å²) in [5.41, 5.74) is 1.93. The van der Waals surface area contributed by atoms with Gasteiger partial charge in [0.1, 0.15) is 5.00 Å². The number of nitrogens with zero attached hydrogens (tertiary/aromatic N) is 3. The quantitative estimate of drug-likeness (QED) is 0.555. The van der Waals surface area contributed by atoms with Gasteiger partial charge < -0.3 is 10.2 Å². The molecule has 0 atom stereocenters. The molecule has 37 heavy (non-hydrogen) atoms. The second kappa shape index (κ2) is 11.2. The number of thiophene rings is 1. The first-order chi connectivity index (χ1) is 17.5. The predicted molar refractivity (Wildman–Crippen MR) is 148 cm³/mol. The van der Waals surface area contributed by atoms with Gasteiger partial charge >= 0.3 is 0 Å². The molecule has 0 spiro atoms. The van der Waals surface area contributed by atoms with E-state index in [2.05, 4.69) is 24.1 Å². The monoisotopic (exact) mass is 546 g/mol. The average molecular weight is 547 g/mol. The Morgan fingerprint density at radius 3 is 2.30 bits per heavy atom. The van der Waals surface area contributed by atoms with Crippen molar-refractivity contribution in [2.75, 3.05) is 33.0 Å². The fourth-order valence-electron chi connectivity index (χ4n) is 5.16. The first-order valence-electron chi connectivity index (χ1n) is 13.0. The Morgan fingerprint density at radius 2 is 1.70 bits per heavy atom. The van der Waals surface area contributed by atoms with E-state index in [1.54, 1.807) is 33.3 Å². The van der Waals surface area contributed by atoms with Crippen LogP contribution in [0.15, 0.2) is 29.2 Å². The number of carbonyl (C=O) groups excluding carboxylic acids is 2. The third-order valence-corrected chi connectivity index (χ3v) is 10.6. The summed E-state index contributed by atoms with van der Waals surface area (Å²) in [7, 11) is 1.44. The third-order valence-electron chi connectivity index (χ3n) is 7.55. The molecule has 10 heteroatoms. The molecule has 1 saturated carbocycles. The summed E-state index contributed by atoms with van der Waals surface area (Å²) in [5.74, 6) is -0.491. The Morgan fingerprint density at radius 1 is 1.05 bits per heavy atom. The lowest BCUT2D eigenvalue weighted by atomic mass is 9.96. The van der Waals surface area contributed by atoms with Crippen LogP contribution in [0.2, 0.25) is 0 Å². The summed E-state index contributed by atoms with van der Waals surface area (Å²) in [4.78, 5) is 31.4. The van der Waals surface area contributed by atoms with Crippen LogP contribution < -0.4 is 5.32 Å². The number of nitrogens with one attached hydrogen (secondary N) is 1. The highest BCUT2D eigenvalue weighted by atomic mass is 32.2. The van der Waals surface area contributed by atoms with Gasteiger partial charge in [-0.05, 0) is 62.9 Å². The van der Waals surface area contributed by atoms with Crippen molar-refractivity contribution in [3.05, 3.63) is 45.8 Å². The summed E-state index contributed by atoms with van der Waals surface area (Å²) in [6, 6.07) is 6.49. The van der Waals surface area contributed by atoms with Crippen molar-refractivity contribution in [1.29, 1.82) is 0 Å². The second-order valence-electron chi connectivity index (χ2n) is 10.5. The maximum absolute atomic E-state index is 13.2. The number of fused-ring (bicyclic) bond motifs is 1. The molecule has 8 nitrogen and oxygen atoms in total. The van der Waals surface area contributed by atoms with E-state index in [1.165, 1.54) is 32.7 Å². The fraction of sp³-hybridized carbons (Fsp3) is 0.556. The highest BCUT2D eigenvalue weighted by Crippen LogP contribution is 2.38. The number of anilines is 1. The summed E-state index contributed by atoms with van der Waals surface area (Å²) in [6.45, 7) is 5.93. The van der Waals surface area contributed by atoms with Gasteiger partial charge in [-0.25, -0.2) is 8.42 Å². The zero-order valence-electron chi connectivity index (χ0n) is 22.4. The lowest BCUT2D eigenvalue weighted by molar-refractivity contribution is 0.0827. The number of amides is 2. The number of hydrogen-bond acceptors (Lipinski definition) is 6. The smallest absolute Gasteiger partial charge is 0.256 e. The Bertz CT molecular complexity index is 1250. The van der Waals surface area contributed by atoms with Gasteiger partial charge in [0.25, 0.3) is 11.8 Å². The SMILES string of the molecule is CC(C)N1CCc2c(sc(NC(=O)c3ccc(S(=O)(=O)N(C)C4CCCCC4)cc3)c2C(=O)N(C)C)C1. The number of carbonyl (C=O) groups is 2. The van der Waals surface area contributed by atoms with Crippen molar-refractivity contribution in [2.24, 2.45) is 0 Å². The van der Waals surface area contributed by atoms with Crippen LogP contribution in [-0.4, -0.2) is 74.1 Å². The molecule has 1 aromatic carbocycles. The molecule has 2 heterocycles. The van der Waals surface area contributed by atoms with Crippen LogP contribution in [-0.2, 0) is 23.0 Å². The van der Waals surface area contributed by atoms with Gasteiger partial charge in [-0.15, -0.1) is 11.3 Å². The maximum atomic E-state index is 13.2. The molecule has 0 bridgehead atoms. The summed E-state index contributed by atoms with van der Waals surface area (Å²) in [5, 5.41) is 3.50. The second-order valence-corrected chi connectivity index (χ2v) is 13.6. The van der Waals surface area contributed by atoms with Crippen LogP contribution >= 0.6 is 11.3 Å². The van der Waals surface area contributed by atoms with Crippen LogP contribution in [0.1, 0.15) is 77.1 Å². The average Bonchev–Trinajstić information content (AvgIpc) is 3.24. The highest BCUT2D eigenvalue weighted by molar-refractivity contribution is 7.89. The van der Waals surface area contributed by atoms with Crippen molar-refractivity contribution >= 4 is 38.2 Å². The van der Waals surface area contributed by atoms with Crippen LogP contribution in [0.3, 0.4) is 0 Å². The van der Waals surface area contributed by atoms with Crippen LogP contribution in [0.25, 0.3) is 0 Å². The standard InChI is InChI=1S/C27H38N4O4S2/c1-18(2)31-16-15-22-23(17-31)36-26(24(22)27(33)29(3)4)28-25(32)19-11-13-21(14-12-19)37(34,35)30(5)20-9-7-6-8-10-20/h11-14,18,20H,6-10,15-17H2,1-5H3,(H,28,32). The van der Waals surface area contributed by atoms with Crippen molar-refractivity contribution in [3.8, 4) is 0 Å². The molecule has 1 aromatic heterocycles. The molecule has 202 valence electrons. The van der Waals surface area contributed by atoms with Gasteiger partial charge in [-0.1, -0.05) is 19.3 Å². The van der Waals surface area contributed by atoms with E-state index in [-0.39, 0.29) is 22.8 Å². The molecular weight excluding hydrogens is 508 g/mol. The summed E-state index contributed by atoms with van der Waals surface area (Å²) >= 11 is 1.46. The van der Waals surface area contributed by atoms with E-state index in [0.717, 1.165) is 62.1 Å². The van der Waals surface area contributed by atoms with E-state index in [4.69, 9.17) is 0 Å². The largest absolute Gasteiger partial charge is 0.345 e. The first kappa shape index (κ1) is 27.8. The zero-order chi connectivity index (χ0) is 26.9. The molecule has 0 radical (unpaired) electrons. The van der Waals surface area contributed by atoms with Crippen molar-refractivity contribution in [2.45, 2.75) is 75.9 Å². The van der Waals surface area contributed by atoms with Gasteiger partial charge in [-0.2, -0.15) is 4.31 Å². The Labute approximate surface area is 224 Å². The van der Waals surface area contributed by atoms with Crippen LogP contribution in [0.4, 0.5) is 5.00 Å². The zero-order valence-corrected chi connectivity index (χ0v) is 24.0. The fourth-order valence-corrected chi connectivity index (χ4v) is 7.84. The molecule has 1 fully saturated rings. The lowest BCUT2D eigenvalue weighted by Gasteiger charge is -2.30. The van der Waals surface area contributed by atoms with Crippen LogP contribution in [0, 0.1) is 0 Å². The van der Waals surface area contributed by atoms with Gasteiger partial charge in [0.15, 0.2) is 0 Å². The first-order valence-corrected chi connectivity index (χ1v) is 15.3. The Kier molecular flexibility index (Phi) is 8.42. The molecule has 1 aliphatic carbocycles. The Balaban J connectivity index is 1.55. The number of benzene rings is 1. The highest BCUT2D eigenvalue weighted by Gasteiger charge is 2.31. The van der Waals surface area contributed by atoms with Gasteiger partial charge in [0, 0.05) is 56.8 Å². The Hall–Kier alpha value is -2.27. The number of hydrogen-bond donors (Lipinski definition) is 1. The van der Waals surface area contributed by atoms with E-state index in [1.807, 2.05) is 0 Å².